The van der Waals surface area contributed by atoms with E-state index in [1.54, 1.807) is 26.2 Å². The van der Waals surface area contributed by atoms with Crippen molar-refractivity contribution in [3.8, 4) is 0 Å². The van der Waals surface area contributed by atoms with E-state index in [4.69, 9.17) is 37.9 Å². The van der Waals surface area contributed by atoms with Crippen molar-refractivity contribution in [2.24, 2.45) is 35.5 Å². The van der Waals surface area contributed by atoms with E-state index in [0.717, 1.165) is 37.7 Å². The van der Waals surface area contributed by atoms with E-state index in [-0.39, 0.29) is 102 Å². The number of amides is 1. The molecule has 0 aromatic heterocycles. The number of methoxy groups -OCH3 is 3. The van der Waals surface area contributed by atoms with Crippen LogP contribution in [0, 0.1) is 35.5 Å². The summed E-state index contributed by atoms with van der Waals surface area (Å²) in [5.74, 6) is -0.378. The van der Waals surface area contributed by atoms with Gasteiger partial charge in [-0.1, -0.05) is 50.3 Å². The van der Waals surface area contributed by atoms with Crippen LogP contribution >= 0.6 is 0 Å². The highest BCUT2D eigenvalue weighted by molar-refractivity contribution is 5.99. The molecule has 1 amide bonds. The summed E-state index contributed by atoms with van der Waals surface area (Å²) >= 11 is 0. The fourth-order valence-corrected chi connectivity index (χ4v) is 11.2. The number of ketones is 1. The van der Waals surface area contributed by atoms with Gasteiger partial charge in [0.2, 0.25) is 0 Å². The summed E-state index contributed by atoms with van der Waals surface area (Å²) in [7, 11) is 6.78. The number of nitrogens with zero attached hydrogens (tertiary/aromatic N) is 1. The minimum absolute atomic E-state index is 0.00383. The molecular formula is C47H67NO11. The molecule has 4 fully saturated rings. The third kappa shape index (κ3) is 9.30. The highest BCUT2D eigenvalue weighted by atomic mass is 16.7. The van der Waals surface area contributed by atoms with Crippen LogP contribution in [0.2, 0.25) is 0 Å². The molecule has 6 aliphatic rings. The molecule has 12 nitrogen and oxygen atoms in total. The molecule has 6 unspecified atom stereocenters. The first-order valence-electron chi connectivity index (χ1n) is 22.1. The second kappa shape index (κ2) is 19.4. The van der Waals surface area contributed by atoms with Gasteiger partial charge in [0.25, 0.3) is 5.91 Å². The molecule has 1 aromatic carbocycles. The molecule has 326 valence electrons. The second-order valence-electron chi connectivity index (χ2n) is 17.8. The Balaban J connectivity index is 1.06. The van der Waals surface area contributed by atoms with Gasteiger partial charge in [-0.25, -0.2) is 0 Å². The van der Waals surface area contributed by atoms with Crippen molar-refractivity contribution in [3.05, 3.63) is 59.7 Å². The normalized spacial score (nSPS) is 41.4. The third-order valence-electron chi connectivity index (χ3n) is 14.4. The van der Waals surface area contributed by atoms with Gasteiger partial charge in [0.05, 0.1) is 36.9 Å². The average molecular weight is 822 g/mol. The number of carbonyl (C=O) groups excluding carboxylic acids is 3. The van der Waals surface area contributed by atoms with E-state index in [2.05, 4.69) is 25.2 Å². The Morgan fingerprint density at radius 1 is 0.831 bits per heavy atom. The Labute approximate surface area is 350 Å². The first-order chi connectivity index (χ1) is 28.5. The Morgan fingerprint density at radius 3 is 2.27 bits per heavy atom. The molecule has 3 aliphatic carbocycles. The maximum atomic E-state index is 14.8. The van der Waals surface area contributed by atoms with Gasteiger partial charge in [-0.3, -0.25) is 14.4 Å². The topological polar surface area (TPSA) is 128 Å². The van der Waals surface area contributed by atoms with E-state index < -0.39 is 24.6 Å². The number of ether oxygens (including phenoxy) is 8. The lowest BCUT2D eigenvalue weighted by Gasteiger charge is -2.44. The molecule has 12 heteroatoms. The second-order valence-corrected chi connectivity index (χ2v) is 17.8. The van der Waals surface area contributed by atoms with Gasteiger partial charge in [-0.2, -0.15) is 0 Å². The largest absolute Gasteiger partial charge is 0.462 e. The van der Waals surface area contributed by atoms with Crippen molar-refractivity contribution in [1.29, 1.82) is 0 Å². The summed E-state index contributed by atoms with van der Waals surface area (Å²) in [5, 5.41) is 0. The van der Waals surface area contributed by atoms with E-state index >= 15 is 0 Å². The van der Waals surface area contributed by atoms with Crippen LogP contribution in [0.25, 0.3) is 0 Å². The maximum Gasteiger partial charge on any atom is 0.306 e. The van der Waals surface area contributed by atoms with Crippen LogP contribution < -0.4 is 0 Å². The first-order valence-corrected chi connectivity index (χ1v) is 22.1. The molecule has 3 aliphatic heterocycles. The monoisotopic (exact) mass is 821 g/mol. The number of rotatable bonds is 10. The zero-order valence-corrected chi connectivity index (χ0v) is 36.2. The molecule has 0 N–H and O–H groups in total. The number of fused-ring (bicyclic) bond motifs is 5. The lowest BCUT2D eigenvalue weighted by atomic mass is 9.70. The molecule has 7 rings (SSSR count). The van der Waals surface area contributed by atoms with Crippen molar-refractivity contribution in [2.45, 2.75) is 153 Å². The summed E-state index contributed by atoms with van der Waals surface area (Å²) in [4.78, 5) is 43.5. The number of esters is 1. The Bertz CT molecular complexity index is 1670. The Kier molecular flexibility index (Phi) is 14.5. The van der Waals surface area contributed by atoms with Crippen LogP contribution in [-0.4, -0.2) is 118 Å². The summed E-state index contributed by atoms with van der Waals surface area (Å²) in [6, 6.07) is 9.20. The summed E-state index contributed by atoms with van der Waals surface area (Å²) < 4.78 is 49.8. The van der Waals surface area contributed by atoms with Gasteiger partial charge in [-0.15, -0.1) is 0 Å². The molecule has 0 bridgehead atoms. The number of carbonyl (C=O) groups is 3. The molecule has 17 atom stereocenters. The van der Waals surface area contributed by atoms with Crippen LogP contribution in [0.15, 0.2) is 54.1 Å². The summed E-state index contributed by atoms with van der Waals surface area (Å²) in [6.45, 7) is 7.99. The van der Waals surface area contributed by atoms with Crippen molar-refractivity contribution < 1.29 is 52.3 Å². The van der Waals surface area contributed by atoms with E-state index in [1.165, 1.54) is 0 Å². The Morgan fingerprint density at radius 2 is 1.58 bits per heavy atom. The molecular weight excluding hydrogens is 755 g/mol. The van der Waals surface area contributed by atoms with Gasteiger partial charge in [0, 0.05) is 52.2 Å². The smallest absolute Gasteiger partial charge is 0.306 e. The van der Waals surface area contributed by atoms with E-state index in [9.17, 15) is 14.4 Å². The van der Waals surface area contributed by atoms with Gasteiger partial charge in [0.15, 0.2) is 18.4 Å². The van der Waals surface area contributed by atoms with E-state index in [0.29, 0.717) is 24.8 Å². The minimum atomic E-state index is -0.617. The van der Waals surface area contributed by atoms with Gasteiger partial charge >= 0.3 is 5.97 Å². The van der Waals surface area contributed by atoms with Gasteiger partial charge in [-0.05, 0) is 100 Å². The molecule has 0 radical (unpaired) electrons. The van der Waals surface area contributed by atoms with Crippen LogP contribution in [0.5, 0.6) is 0 Å². The molecule has 0 spiro atoms. The highest BCUT2D eigenvalue weighted by Gasteiger charge is 2.53. The first kappa shape index (κ1) is 44.1. The third-order valence-corrected chi connectivity index (χ3v) is 14.4. The number of Topliss-reactive ketones (excluding diaryl/α,β-unsaturated/α-hetero) is 1. The van der Waals surface area contributed by atoms with Crippen LogP contribution in [0.3, 0.4) is 0 Å². The van der Waals surface area contributed by atoms with Gasteiger partial charge < -0.3 is 42.8 Å². The minimum Gasteiger partial charge on any atom is -0.462 e. The van der Waals surface area contributed by atoms with Gasteiger partial charge in [0.1, 0.15) is 24.4 Å². The number of cyclic esters (lactones) is 1. The standard InChI is InChI=1S/C47H67NO11/c1-9-31-16-13-17-39(59-41-21-20-38(27(3)55-41)48(5)46(51)29-14-11-10-12-15-29)26(2)42(50)37-24-35-33(36(37)25-40(49)57-31)19-18-30-22-32(23-34(30)35)58-47-45(54-8)44(53-7)43(52-6)28(4)56-47/h10-12,14-15,18-19,24,26-28,30-36,38-39,41,43-45,47H,9,13,16-17,20-23,25H2,1-8H3/t26-,27?,28?,30-,31+,32-,33-,34-,35-,36+,38+,39+,41+,43?,44?,45?,47?/m1/s1. The SMILES string of the molecule is CC[C@H]1CCC[C@H](O[C@H]2CC[C@H](N(C)C(=O)c3ccccc3)C(C)O2)[C@@H](C)C(=O)C2=C[C@@H]3[C@@H](C=C[C@@H]4C[C@@H](OC5OC(C)C(OC)C(OC)C5OC)C[C@@H]34)[C@@H]2CC(=O)O1. The van der Waals surface area contributed by atoms with E-state index in [1.807, 2.05) is 58.2 Å². The van der Waals surface area contributed by atoms with Crippen molar-refractivity contribution in [2.75, 3.05) is 28.4 Å². The molecule has 1 aromatic rings. The predicted octanol–water partition coefficient (Wildman–Crippen LogP) is 6.70. The number of hydrogen-bond acceptors (Lipinski definition) is 11. The van der Waals surface area contributed by atoms with Crippen LogP contribution in [0.1, 0.15) is 95.8 Å². The molecule has 59 heavy (non-hydrogen) atoms. The average Bonchev–Trinajstić information content (AvgIpc) is 3.82. The zero-order valence-electron chi connectivity index (χ0n) is 36.2. The molecule has 3 heterocycles. The lowest BCUT2D eigenvalue weighted by Crippen LogP contribution is -2.59. The highest BCUT2D eigenvalue weighted by Crippen LogP contribution is 2.54. The Hall–Kier alpha value is -2.97. The molecule has 1 saturated carbocycles. The molecule has 3 saturated heterocycles. The number of hydrogen-bond donors (Lipinski definition) is 0. The summed E-state index contributed by atoms with van der Waals surface area (Å²) in [6.07, 6.45) is 9.27. The van der Waals surface area contributed by atoms with Crippen LogP contribution in [-0.2, 0) is 47.5 Å². The summed E-state index contributed by atoms with van der Waals surface area (Å²) in [5.41, 5.74) is 1.37. The quantitative estimate of drug-likeness (QED) is 0.185. The maximum absolute atomic E-state index is 14.8. The van der Waals surface area contributed by atoms with Crippen LogP contribution in [0.4, 0.5) is 0 Å². The number of benzene rings is 1. The van der Waals surface area contributed by atoms with Crippen molar-refractivity contribution >= 4 is 17.7 Å². The zero-order chi connectivity index (χ0) is 42.0. The number of allylic oxidation sites excluding steroid dienone is 4. The predicted molar refractivity (Wildman–Crippen MR) is 219 cm³/mol. The number of likely N-dealkylation sites (N-methyl/N-ethyl adjacent to an activating group) is 1. The van der Waals surface area contributed by atoms with Crippen molar-refractivity contribution in [1.82, 2.24) is 4.90 Å². The fraction of sp³-hybridized carbons (Fsp3) is 0.723. The lowest BCUT2D eigenvalue weighted by molar-refractivity contribution is -0.314. The fourth-order valence-electron chi connectivity index (χ4n) is 11.2. The van der Waals surface area contributed by atoms with Crippen molar-refractivity contribution in [3.63, 3.8) is 0 Å².